The first-order chi connectivity index (χ1) is 9.23. The van der Waals surface area contributed by atoms with Gasteiger partial charge in [0.15, 0.2) is 9.84 Å². The minimum absolute atomic E-state index is 0.0111. The summed E-state index contributed by atoms with van der Waals surface area (Å²) in [7, 11) is -1.48. The molecule has 2 aliphatic rings. The van der Waals surface area contributed by atoms with Gasteiger partial charge in [-0.15, -0.1) is 0 Å². The standard InChI is InChI=1S/C12H20N2O5S/c1-14(9-3-6-20(18,19)8-9)11(17)13-12(4-2-5-12)7-10(15)16/h9H,2-8H2,1H3,(H,13,17)(H,15,16). The van der Waals surface area contributed by atoms with Gasteiger partial charge in [-0.1, -0.05) is 0 Å². The second-order valence-electron chi connectivity index (χ2n) is 5.80. The van der Waals surface area contributed by atoms with Gasteiger partial charge in [-0.25, -0.2) is 13.2 Å². The molecule has 1 saturated heterocycles. The Hall–Kier alpha value is -1.31. The van der Waals surface area contributed by atoms with Crippen LogP contribution in [0.25, 0.3) is 0 Å². The molecule has 0 spiro atoms. The molecule has 1 unspecified atom stereocenters. The van der Waals surface area contributed by atoms with Crippen LogP contribution in [0.1, 0.15) is 32.1 Å². The molecule has 114 valence electrons. The van der Waals surface area contributed by atoms with Crippen LogP contribution in [0.2, 0.25) is 0 Å². The summed E-state index contributed by atoms with van der Waals surface area (Å²) in [5.74, 6) is -0.839. The fourth-order valence-electron chi connectivity index (χ4n) is 2.80. The normalized spacial score (nSPS) is 26.6. The second kappa shape index (κ2) is 5.23. The Morgan fingerprint density at radius 3 is 2.45 bits per heavy atom. The van der Waals surface area contributed by atoms with Gasteiger partial charge >= 0.3 is 12.0 Å². The van der Waals surface area contributed by atoms with E-state index in [1.165, 1.54) is 4.90 Å². The number of amides is 2. The molecule has 1 atom stereocenters. The van der Waals surface area contributed by atoms with E-state index in [-0.39, 0.29) is 30.0 Å². The van der Waals surface area contributed by atoms with E-state index in [9.17, 15) is 18.0 Å². The maximum atomic E-state index is 12.2. The van der Waals surface area contributed by atoms with E-state index >= 15 is 0 Å². The van der Waals surface area contributed by atoms with Crippen LogP contribution in [0.4, 0.5) is 4.79 Å². The lowest BCUT2D eigenvalue weighted by molar-refractivity contribution is -0.139. The van der Waals surface area contributed by atoms with Crippen molar-refractivity contribution in [1.29, 1.82) is 0 Å². The second-order valence-corrected chi connectivity index (χ2v) is 8.03. The highest BCUT2D eigenvalue weighted by atomic mass is 32.2. The van der Waals surface area contributed by atoms with Crippen LogP contribution in [0.5, 0.6) is 0 Å². The van der Waals surface area contributed by atoms with E-state index in [1.807, 2.05) is 0 Å². The predicted octanol–water partition coefficient (Wildman–Crippen LogP) is 0.212. The van der Waals surface area contributed by atoms with Crippen LogP contribution >= 0.6 is 0 Å². The highest BCUT2D eigenvalue weighted by Gasteiger charge is 2.42. The van der Waals surface area contributed by atoms with Gasteiger partial charge in [0, 0.05) is 13.1 Å². The lowest BCUT2D eigenvalue weighted by Crippen LogP contribution is -2.58. The van der Waals surface area contributed by atoms with Gasteiger partial charge in [0.25, 0.3) is 0 Å². The quantitative estimate of drug-likeness (QED) is 0.773. The third kappa shape index (κ3) is 3.23. The zero-order chi connectivity index (χ0) is 15.0. The smallest absolute Gasteiger partial charge is 0.317 e. The summed E-state index contributed by atoms with van der Waals surface area (Å²) in [5, 5.41) is 11.7. The van der Waals surface area contributed by atoms with Crippen molar-refractivity contribution in [2.45, 2.75) is 43.7 Å². The summed E-state index contributed by atoms with van der Waals surface area (Å²) >= 11 is 0. The molecule has 0 aromatic rings. The van der Waals surface area contributed by atoms with Crippen LogP contribution < -0.4 is 5.32 Å². The van der Waals surface area contributed by atoms with Crippen molar-refractivity contribution in [2.75, 3.05) is 18.6 Å². The van der Waals surface area contributed by atoms with Crippen LogP contribution in [0.15, 0.2) is 0 Å². The van der Waals surface area contributed by atoms with E-state index in [1.54, 1.807) is 7.05 Å². The first-order valence-corrected chi connectivity index (χ1v) is 8.52. The Bertz CT molecular complexity index is 512. The maximum absolute atomic E-state index is 12.2. The molecule has 2 rings (SSSR count). The van der Waals surface area contributed by atoms with E-state index in [0.717, 1.165) is 6.42 Å². The Kier molecular flexibility index (Phi) is 3.95. The molecule has 0 bridgehead atoms. The zero-order valence-electron chi connectivity index (χ0n) is 11.5. The van der Waals surface area contributed by atoms with E-state index < -0.39 is 21.3 Å². The number of carbonyl (C=O) groups excluding carboxylic acids is 1. The molecule has 2 amide bonds. The van der Waals surface area contributed by atoms with E-state index in [0.29, 0.717) is 19.3 Å². The lowest BCUT2D eigenvalue weighted by atomic mass is 9.74. The van der Waals surface area contributed by atoms with Crippen molar-refractivity contribution >= 4 is 21.8 Å². The third-order valence-corrected chi connectivity index (χ3v) is 6.00. The van der Waals surface area contributed by atoms with Gasteiger partial charge in [0.2, 0.25) is 0 Å². The van der Waals surface area contributed by atoms with Crippen LogP contribution in [-0.2, 0) is 14.6 Å². The molecule has 2 fully saturated rings. The fraction of sp³-hybridized carbons (Fsp3) is 0.833. The third-order valence-electron chi connectivity index (χ3n) is 4.25. The number of nitrogens with zero attached hydrogens (tertiary/aromatic N) is 1. The molecule has 8 heteroatoms. The fourth-order valence-corrected chi connectivity index (χ4v) is 4.58. The van der Waals surface area contributed by atoms with Gasteiger partial charge in [-0.3, -0.25) is 4.79 Å². The largest absolute Gasteiger partial charge is 0.481 e. The SMILES string of the molecule is CN(C(=O)NC1(CC(=O)O)CCC1)C1CCS(=O)(=O)C1. The molecule has 0 aromatic carbocycles. The number of carboxylic acid groups (broad SMARTS) is 1. The number of aliphatic carboxylic acids is 1. The van der Waals surface area contributed by atoms with E-state index in [2.05, 4.69) is 5.32 Å². The van der Waals surface area contributed by atoms with Crippen molar-refractivity contribution in [2.24, 2.45) is 0 Å². The number of rotatable bonds is 4. The van der Waals surface area contributed by atoms with Crippen molar-refractivity contribution in [3.63, 3.8) is 0 Å². The summed E-state index contributed by atoms with van der Waals surface area (Å²) in [6.45, 7) is 0. The number of carboxylic acids is 1. The molecule has 7 nitrogen and oxygen atoms in total. The number of nitrogens with one attached hydrogen (secondary N) is 1. The topological polar surface area (TPSA) is 104 Å². The molecule has 1 aliphatic carbocycles. The summed E-state index contributed by atoms with van der Waals surface area (Å²) in [6.07, 6.45) is 2.56. The maximum Gasteiger partial charge on any atom is 0.317 e. The average Bonchev–Trinajstić information content (AvgIpc) is 2.65. The highest BCUT2D eigenvalue weighted by molar-refractivity contribution is 7.91. The molecule has 1 aliphatic heterocycles. The number of hydrogen-bond donors (Lipinski definition) is 2. The summed E-state index contributed by atoms with van der Waals surface area (Å²) in [4.78, 5) is 24.4. The van der Waals surface area contributed by atoms with Crippen LogP contribution in [-0.4, -0.2) is 60.6 Å². The first kappa shape index (κ1) is 15.1. The molecule has 1 heterocycles. The number of sulfone groups is 1. The Morgan fingerprint density at radius 1 is 1.40 bits per heavy atom. The molecule has 20 heavy (non-hydrogen) atoms. The summed E-state index contributed by atoms with van der Waals surface area (Å²) in [6, 6.07) is -0.699. The lowest BCUT2D eigenvalue weighted by Gasteiger charge is -2.42. The predicted molar refractivity (Wildman–Crippen MR) is 72.2 cm³/mol. The van der Waals surface area contributed by atoms with Gasteiger partial charge in [0.1, 0.15) is 0 Å². The van der Waals surface area contributed by atoms with Gasteiger partial charge in [0.05, 0.1) is 23.5 Å². The monoisotopic (exact) mass is 304 g/mol. The Morgan fingerprint density at radius 2 is 2.05 bits per heavy atom. The number of carbonyl (C=O) groups is 2. The van der Waals surface area contributed by atoms with Crippen LogP contribution in [0, 0.1) is 0 Å². The van der Waals surface area contributed by atoms with Crippen molar-refractivity contribution < 1.29 is 23.1 Å². The Balaban J connectivity index is 1.96. The first-order valence-electron chi connectivity index (χ1n) is 6.70. The number of urea groups is 1. The minimum atomic E-state index is -3.04. The van der Waals surface area contributed by atoms with Crippen molar-refractivity contribution in [3.05, 3.63) is 0 Å². The van der Waals surface area contributed by atoms with Gasteiger partial charge in [-0.2, -0.15) is 0 Å². The summed E-state index contributed by atoms with van der Waals surface area (Å²) < 4.78 is 22.9. The van der Waals surface area contributed by atoms with Gasteiger partial charge < -0.3 is 15.3 Å². The molecule has 1 saturated carbocycles. The molecule has 0 aromatic heterocycles. The van der Waals surface area contributed by atoms with Crippen LogP contribution in [0.3, 0.4) is 0 Å². The molecular formula is C12H20N2O5S. The number of hydrogen-bond acceptors (Lipinski definition) is 4. The highest BCUT2D eigenvalue weighted by Crippen LogP contribution is 2.35. The minimum Gasteiger partial charge on any atom is -0.481 e. The van der Waals surface area contributed by atoms with Crippen molar-refractivity contribution in [1.82, 2.24) is 10.2 Å². The van der Waals surface area contributed by atoms with Crippen molar-refractivity contribution in [3.8, 4) is 0 Å². The average molecular weight is 304 g/mol. The molecule has 0 radical (unpaired) electrons. The molecule has 2 N–H and O–H groups in total. The van der Waals surface area contributed by atoms with E-state index in [4.69, 9.17) is 5.11 Å². The molecular weight excluding hydrogens is 284 g/mol. The zero-order valence-corrected chi connectivity index (χ0v) is 12.3. The Labute approximate surface area is 118 Å². The van der Waals surface area contributed by atoms with Gasteiger partial charge in [-0.05, 0) is 25.7 Å². The summed E-state index contributed by atoms with van der Waals surface area (Å²) in [5.41, 5.74) is -0.658.